The topological polar surface area (TPSA) is 0 Å². The van der Waals surface area contributed by atoms with E-state index in [-0.39, 0.29) is 0 Å². The molecule has 1 fully saturated rings. The molecule has 0 radical (unpaired) electrons. The Bertz CT molecular complexity index is 299. The smallest absolute Gasteiger partial charge is 0.0480 e. The summed E-state index contributed by atoms with van der Waals surface area (Å²) in [6.07, 6.45) is 12.5. The van der Waals surface area contributed by atoms with Gasteiger partial charge in [0.05, 0.1) is 0 Å². The molecule has 0 aromatic carbocycles. The van der Waals surface area contributed by atoms with Crippen LogP contribution >= 0.6 is 0 Å². The van der Waals surface area contributed by atoms with Crippen LogP contribution in [-0.2, 0) is 0 Å². The minimum absolute atomic E-state index is 0.499. The monoisotopic (exact) mass is 264 g/mol. The summed E-state index contributed by atoms with van der Waals surface area (Å²) in [5, 5.41) is 0. The van der Waals surface area contributed by atoms with Crippen LogP contribution in [0.2, 0.25) is 25.7 Å². The van der Waals surface area contributed by atoms with Gasteiger partial charge in [-0.3, -0.25) is 0 Å². The van der Waals surface area contributed by atoms with Crippen LogP contribution in [0.25, 0.3) is 0 Å². The van der Waals surface area contributed by atoms with E-state index in [0.29, 0.717) is 5.41 Å². The second kappa shape index (κ2) is 6.23. The normalized spacial score (nSPS) is 22.6. The van der Waals surface area contributed by atoms with Crippen molar-refractivity contribution in [3.63, 3.8) is 0 Å². The van der Waals surface area contributed by atoms with E-state index in [4.69, 9.17) is 0 Å². The molecule has 0 heterocycles. The lowest BCUT2D eigenvalue weighted by molar-refractivity contribution is 0.197. The molecular weight excluding hydrogens is 232 g/mol. The van der Waals surface area contributed by atoms with Gasteiger partial charge in [0.15, 0.2) is 0 Å². The zero-order valence-electron chi connectivity index (χ0n) is 13.3. The summed E-state index contributed by atoms with van der Waals surface area (Å²) in [5.74, 6) is 0.917. The Kier molecular flexibility index (Phi) is 5.45. The maximum atomic E-state index is 2.43. The Labute approximate surface area is 116 Å². The molecule has 1 rings (SSSR count). The fourth-order valence-corrected chi connectivity index (χ4v) is 3.49. The second-order valence-electron chi connectivity index (χ2n) is 8.16. The average Bonchev–Trinajstić information content (AvgIpc) is 2.22. The fourth-order valence-electron chi connectivity index (χ4n) is 2.65. The van der Waals surface area contributed by atoms with Crippen molar-refractivity contribution in [1.29, 1.82) is 0 Å². The maximum Gasteiger partial charge on any atom is 0.0480 e. The molecule has 0 aliphatic heterocycles. The second-order valence-corrected chi connectivity index (χ2v) is 13.7. The first kappa shape index (κ1) is 15.8. The van der Waals surface area contributed by atoms with Gasteiger partial charge in [-0.2, -0.15) is 0 Å². The molecule has 0 aromatic heterocycles. The molecule has 0 atom stereocenters. The summed E-state index contributed by atoms with van der Waals surface area (Å²) >= 11 is 0. The molecule has 0 amide bonds. The molecule has 0 N–H and O–H groups in total. The van der Waals surface area contributed by atoms with Gasteiger partial charge in [-0.15, -0.1) is 0 Å². The highest BCUT2D eigenvalue weighted by Crippen LogP contribution is 2.39. The minimum atomic E-state index is -0.896. The Hall–Kier alpha value is -0.303. The van der Waals surface area contributed by atoms with E-state index in [1.54, 1.807) is 5.57 Å². The first-order chi connectivity index (χ1) is 8.18. The van der Waals surface area contributed by atoms with Gasteiger partial charge in [0, 0.05) is 8.07 Å². The van der Waals surface area contributed by atoms with Gasteiger partial charge in [0.2, 0.25) is 0 Å². The third-order valence-electron chi connectivity index (χ3n) is 4.05. The summed E-state index contributed by atoms with van der Waals surface area (Å²) in [7, 11) is -0.896. The molecule has 1 aliphatic rings. The standard InChI is InChI=1S/C17H32Si/c1-17(2,3)16-12-10-15(11-13-16)9-7-8-14-18(4,5)6/h7-9,16H,10-14H2,1-6H3/b8-7+,15-9?. The Morgan fingerprint density at radius 3 is 2.11 bits per heavy atom. The van der Waals surface area contributed by atoms with Crippen LogP contribution in [0.5, 0.6) is 0 Å². The van der Waals surface area contributed by atoms with Crippen molar-refractivity contribution in [1.82, 2.24) is 0 Å². The van der Waals surface area contributed by atoms with Gasteiger partial charge in [-0.1, -0.05) is 64.2 Å². The van der Waals surface area contributed by atoms with Crippen LogP contribution in [0, 0.1) is 11.3 Å². The van der Waals surface area contributed by atoms with Gasteiger partial charge in [0.1, 0.15) is 0 Å². The molecule has 0 saturated heterocycles. The highest BCUT2D eigenvalue weighted by atomic mass is 28.3. The predicted molar refractivity (Wildman–Crippen MR) is 86.8 cm³/mol. The molecule has 0 nitrogen and oxygen atoms in total. The van der Waals surface area contributed by atoms with Crippen molar-refractivity contribution in [2.45, 2.75) is 72.1 Å². The van der Waals surface area contributed by atoms with E-state index in [1.807, 2.05) is 0 Å². The third-order valence-corrected chi connectivity index (χ3v) is 5.51. The number of rotatable bonds is 3. The number of hydrogen-bond acceptors (Lipinski definition) is 0. The van der Waals surface area contributed by atoms with Crippen molar-refractivity contribution in [2.24, 2.45) is 11.3 Å². The first-order valence-electron chi connectivity index (χ1n) is 7.53. The molecular formula is C17H32Si. The van der Waals surface area contributed by atoms with Crippen LogP contribution < -0.4 is 0 Å². The van der Waals surface area contributed by atoms with Crippen LogP contribution in [0.1, 0.15) is 46.5 Å². The largest absolute Gasteiger partial charge is 0.0872 e. The van der Waals surface area contributed by atoms with Gasteiger partial charge in [-0.25, -0.2) is 0 Å². The molecule has 1 saturated carbocycles. The lowest BCUT2D eigenvalue weighted by atomic mass is 9.71. The molecule has 1 aliphatic carbocycles. The Balaban J connectivity index is 2.39. The summed E-state index contributed by atoms with van der Waals surface area (Å²) in [4.78, 5) is 0. The molecule has 0 bridgehead atoms. The molecule has 0 aromatic rings. The van der Waals surface area contributed by atoms with Crippen LogP contribution in [0.3, 0.4) is 0 Å². The van der Waals surface area contributed by atoms with E-state index < -0.39 is 8.07 Å². The summed E-state index contributed by atoms with van der Waals surface area (Å²) in [5.41, 5.74) is 2.17. The minimum Gasteiger partial charge on any atom is -0.0872 e. The highest BCUT2D eigenvalue weighted by Gasteiger charge is 2.27. The zero-order valence-corrected chi connectivity index (χ0v) is 14.3. The quantitative estimate of drug-likeness (QED) is 0.545. The summed E-state index contributed by atoms with van der Waals surface area (Å²) in [6.45, 7) is 14.5. The van der Waals surface area contributed by atoms with E-state index in [1.165, 1.54) is 31.7 Å². The lowest BCUT2D eigenvalue weighted by Crippen LogP contribution is -2.23. The van der Waals surface area contributed by atoms with E-state index in [2.05, 4.69) is 58.6 Å². The van der Waals surface area contributed by atoms with E-state index in [9.17, 15) is 0 Å². The Morgan fingerprint density at radius 2 is 1.67 bits per heavy atom. The van der Waals surface area contributed by atoms with Gasteiger partial charge in [0.25, 0.3) is 0 Å². The van der Waals surface area contributed by atoms with Crippen LogP contribution in [-0.4, -0.2) is 8.07 Å². The number of hydrogen-bond donors (Lipinski definition) is 0. The van der Waals surface area contributed by atoms with Crippen molar-refractivity contribution in [3.05, 3.63) is 23.8 Å². The van der Waals surface area contributed by atoms with Gasteiger partial charge >= 0.3 is 0 Å². The van der Waals surface area contributed by atoms with Crippen molar-refractivity contribution in [3.8, 4) is 0 Å². The van der Waals surface area contributed by atoms with E-state index >= 15 is 0 Å². The lowest BCUT2D eigenvalue weighted by Gasteiger charge is -2.34. The maximum absolute atomic E-state index is 2.43. The first-order valence-corrected chi connectivity index (χ1v) is 11.2. The summed E-state index contributed by atoms with van der Waals surface area (Å²) in [6, 6.07) is 1.31. The predicted octanol–water partition coefficient (Wildman–Crippen LogP) is 6.04. The van der Waals surface area contributed by atoms with Crippen LogP contribution in [0.4, 0.5) is 0 Å². The molecule has 104 valence electrons. The molecule has 0 unspecified atom stereocenters. The molecule has 18 heavy (non-hydrogen) atoms. The molecule has 1 heteroatoms. The number of allylic oxidation sites excluding steroid dienone is 4. The Morgan fingerprint density at radius 1 is 1.11 bits per heavy atom. The molecule has 0 spiro atoms. The SMILES string of the molecule is CC(C)(C)C1CCC(=C/C=C/C[Si](C)(C)C)CC1. The summed E-state index contributed by atoms with van der Waals surface area (Å²) < 4.78 is 0. The van der Waals surface area contributed by atoms with E-state index in [0.717, 1.165) is 5.92 Å². The van der Waals surface area contributed by atoms with Crippen LogP contribution in [0.15, 0.2) is 23.8 Å². The average molecular weight is 265 g/mol. The van der Waals surface area contributed by atoms with Gasteiger partial charge < -0.3 is 0 Å². The third kappa shape index (κ3) is 6.04. The highest BCUT2D eigenvalue weighted by molar-refractivity contribution is 6.76. The fraction of sp³-hybridized carbons (Fsp3) is 0.765. The van der Waals surface area contributed by atoms with Gasteiger partial charge in [-0.05, 0) is 43.1 Å². The zero-order chi connectivity index (χ0) is 13.8. The van der Waals surface area contributed by atoms with Crippen molar-refractivity contribution >= 4 is 8.07 Å². The van der Waals surface area contributed by atoms with Crippen molar-refractivity contribution < 1.29 is 0 Å². The van der Waals surface area contributed by atoms with Crippen molar-refractivity contribution in [2.75, 3.05) is 0 Å².